The van der Waals surface area contributed by atoms with E-state index in [0.29, 0.717) is 0 Å². The normalized spacial score (nSPS) is 11.4. The molecule has 0 atom stereocenters. The predicted octanol–water partition coefficient (Wildman–Crippen LogP) is 4.52. The fourth-order valence-electron chi connectivity index (χ4n) is 2.83. The highest BCUT2D eigenvalue weighted by molar-refractivity contribution is 9.10. The van der Waals surface area contributed by atoms with Gasteiger partial charge in [-0.3, -0.25) is 0 Å². The molecule has 1 aromatic carbocycles. The molecule has 0 saturated heterocycles. The summed E-state index contributed by atoms with van der Waals surface area (Å²) in [5.74, 6) is 0.915. The third-order valence-corrected chi connectivity index (χ3v) is 4.50. The van der Waals surface area contributed by atoms with Gasteiger partial charge >= 0.3 is 0 Å². The molecule has 0 amide bonds. The quantitative estimate of drug-likeness (QED) is 0.564. The van der Waals surface area contributed by atoms with E-state index in [1.165, 1.54) is 16.8 Å². The van der Waals surface area contributed by atoms with Crippen LogP contribution in [0.4, 0.5) is 0 Å². The highest BCUT2D eigenvalue weighted by atomic mass is 79.9. The summed E-state index contributed by atoms with van der Waals surface area (Å²) in [4.78, 5) is 3.24. The fourth-order valence-corrected chi connectivity index (χ4v) is 3.32. The Morgan fingerprint density at radius 2 is 1.77 bits per heavy atom. The van der Waals surface area contributed by atoms with Crippen LogP contribution in [0.1, 0.15) is 11.4 Å². The van der Waals surface area contributed by atoms with Crippen molar-refractivity contribution in [3.8, 4) is 11.5 Å². The molecule has 0 bridgehead atoms. The molecule has 110 valence electrons. The van der Waals surface area contributed by atoms with E-state index < -0.39 is 0 Å². The van der Waals surface area contributed by atoms with Gasteiger partial charge in [0, 0.05) is 29.2 Å². The Bertz CT molecular complexity index is 954. The van der Waals surface area contributed by atoms with Gasteiger partial charge in [-0.2, -0.15) is 0 Å². The second-order valence-corrected chi connectivity index (χ2v) is 6.25. The predicted molar refractivity (Wildman–Crippen MR) is 91.9 cm³/mol. The molecule has 0 fully saturated rings. The van der Waals surface area contributed by atoms with Gasteiger partial charge in [0.05, 0.1) is 5.69 Å². The Morgan fingerprint density at radius 3 is 2.55 bits per heavy atom. The Hall–Kier alpha value is -2.27. The van der Waals surface area contributed by atoms with E-state index in [4.69, 9.17) is 5.10 Å². The van der Waals surface area contributed by atoms with Crippen molar-refractivity contribution in [1.29, 1.82) is 0 Å². The molecule has 3 heterocycles. The molecule has 5 heteroatoms. The molecule has 0 radical (unpaired) electrons. The second-order valence-electron chi connectivity index (χ2n) is 5.44. The van der Waals surface area contributed by atoms with Crippen LogP contribution in [0.5, 0.6) is 0 Å². The first-order valence-corrected chi connectivity index (χ1v) is 7.91. The van der Waals surface area contributed by atoms with E-state index in [2.05, 4.69) is 75.7 Å². The molecule has 4 aromatic rings. The van der Waals surface area contributed by atoms with Crippen LogP contribution in [0.25, 0.3) is 22.4 Å². The largest absolute Gasteiger partial charge is 0.361 e. The number of aromatic nitrogens is 4. The number of H-pyrrole nitrogens is 1. The van der Waals surface area contributed by atoms with E-state index in [1.807, 2.05) is 16.9 Å². The van der Waals surface area contributed by atoms with E-state index in [-0.39, 0.29) is 0 Å². The van der Waals surface area contributed by atoms with Crippen molar-refractivity contribution >= 4 is 26.8 Å². The first kappa shape index (κ1) is 13.4. The Labute approximate surface area is 136 Å². The standard InChI is InChI=1S/C17H15BrN4/c1-11-3-4-12(2)21(11)17-10-16(18)22(20-17)14-6-5-13-7-8-19-15(13)9-14/h3-10,19H,1-2H3. The van der Waals surface area contributed by atoms with Crippen molar-refractivity contribution in [2.24, 2.45) is 0 Å². The van der Waals surface area contributed by atoms with Gasteiger partial charge in [-0.05, 0) is 65.5 Å². The Morgan fingerprint density at radius 1 is 1.00 bits per heavy atom. The van der Waals surface area contributed by atoms with Gasteiger partial charge in [-0.15, -0.1) is 5.10 Å². The summed E-state index contributed by atoms with van der Waals surface area (Å²) < 4.78 is 4.99. The van der Waals surface area contributed by atoms with Gasteiger partial charge in [0.2, 0.25) is 0 Å². The van der Waals surface area contributed by atoms with E-state index >= 15 is 0 Å². The summed E-state index contributed by atoms with van der Waals surface area (Å²) in [6.45, 7) is 4.18. The third-order valence-electron chi connectivity index (χ3n) is 3.94. The molecule has 4 nitrogen and oxygen atoms in total. The number of hydrogen-bond acceptors (Lipinski definition) is 1. The fraction of sp³-hybridized carbons (Fsp3) is 0.118. The van der Waals surface area contributed by atoms with Gasteiger partial charge in [-0.25, -0.2) is 4.68 Å². The number of benzene rings is 1. The summed E-state index contributed by atoms with van der Waals surface area (Å²) in [5, 5.41) is 5.95. The van der Waals surface area contributed by atoms with Crippen LogP contribution in [0, 0.1) is 13.8 Å². The first-order chi connectivity index (χ1) is 10.6. The smallest absolute Gasteiger partial charge is 0.160 e. The van der Waals surface area contributed by atoms with Crippen molar-refractivity contribution in [2.45, 2.75) is 13.8 Å². The summed E-state index contributed by atoms with van der Waals surface area (Å²) in [7, 11) is 0. The number of fused-ring (bicyclic) bond motifs is 1. The average Bonchev–Trinajstić information content (AvgIpc) is 3.18. The first-order valence-electron chi connectivity index (χ1n) is 7.12. The lowest BCUT2D eigenvalue weighted by atomic mass is 10.2. The Kier molecular flexibility index (Phi) is 2.97. The summed E-state index contributed by atoms with van der Waals surface area (Å²) >= 11 is 3.62. The van der Waals surface area contributed by atoms with E-state index in [1.54, 1.807) is 0 Å². The summed E-state index contributed by atoms with van der Waals surface area (Å²) in [6, 6.07) is 14.6. The molecule has 0 unspecified atom stereocenters. The monoisotopic (exact) mass is 354 g/mol. The number of nitrogens with one attached hydrogen (secondary N) is 1. The van der Waals surface area contributed by atoms with Crippen molar-refractivity contribution in [3.05, 3.63) is 64.7 Å². The average molecular weight is 355 g/mol. The van der Waals surface area contributed by atoms with Crippen LogP contribution in [0.2, 0.25) is 0 Å². The summed E-state index contributed by atoms with van der Waals surface area (Å²) in [6.07, 6.45) is 1.95. The van der Waals surface area contributed by atoms with Crippen LogP contribution in [-0.4, -0.2) is 19.3 Å². The molecule has 0 aliphatic heterocycles. The van der Waals surface area contributed by atoms with Gasteiger partial charge in [-0.1, -0.05) is 6.07 Å². The van der Waals surface area contributed by atoms with Crippen molar-refractivity contribution in [3.63, 3.8) is 0 Å². The number of aromatic amines is 1. The Balaban J connectivity index is 1.86. The number of hydrogen-bond donors (Lipinski definition) is 1. The van der Waals surface area contributed by atoms with Crippen LogP contribution >= 0.6 is 15.9 Å². The lowest BCUT2D eigenvalue weighted by Crippen LogP contribution is -2.02. The molecule has 0 spiro atoms. The number of rotatable bonds is 2. The summed E-state index contributed by atoms with van der Waals surface area (Å²) in [5.41, 5.74) is 4.48. The van der Waals surface area contributed by atoms with Gasteiger partial charge in [0.15, 0.2) is 5.82 Å². The molecule has 4 rings (SSSR count). The zero-order chi connectivity index (χ0) is 15.3. The molecule has 3 aromatic heterocycles. The maximum Gasteiger partial charge on any atom is 0.160 e. The molecule has 0 aliphatic rings. The highest BCUT2D eigenvalue weighted by Crippen LogP contribution is 2.24. The third kappa shape index (κ3) is 2.01. The molecule has 1 N–H and O–H groups in total. The minimum Gasteiger partial charge on any atom is -0.361 e. The zero-order valence-corrected chi connectivity index (χ0v) is 13.9. The van der Waals surface area contributed by atoms with Crippen molar-refractivity contribution in [2.75, 3.05) is 0 Å². The van der Waals surface area contributed by atoms with Gasteiger partial charge in [0.25, 0.3) is 0 Å². The lowest BCUT2D eigenvalue weighted by molar-refractivity contribution is 0.818. The maximum absolute atomic E-state index is 4.75. The topological polar surface area (TPSA) is 38.5 Å². The number of aryl methyl sites for hydroxylation is 2. The second kappa shape index (κ2) is 4.88. The van der Waals surface area contributed by atoms with Crippen LogP contribution in [0.3, 0.4) is 0 Å². The SMILES string of the molecule is Cc1ccc(C)n1-c1cc(Br)n(-c2ccc3cc[nH]c3c2)n1. The number of halogens is 1. The lowest BCUT2D eigenvalue weighted by Gasteiger charge is -2.06. The minimum atomic E-state index is 0.915. The number of nitrogens with zero attached hydrogens (tertiary/aromatic N) is 3. The zero-order valence-electron chi connectivity index (χ0n) is 12.3. The van der Waals surface area contributed by atoms with Crippen molar-refractivity contribution < 1.29 is 0 Å². The molecule has 22 heavy (non-hydrogen) atoms. The van der Waals surface area contributed by atoms with E-state index in [0.717, 1.165) is 21.6 Å². The van der Waals surface area contributed by atoms with Crippen LogP contribution < -0.4 is 0 Å². The van der Waals surface area contributed by atoms with Crippen LogP contribution in [0.15, 0.2) is 53.3 Å². The van der Waals surface area contributed by atoms with Crippen LogP contribution in [-0.2, 0) is 0 Å². The van der Waals surface area contributed by atoms with Crippen molar-refractivity contribution in [1.82, 2.24) is 19.3 Å². The maximum atomic E-state index is 4.75. The molecular formula is C17H15BrN4. The highest BCUT2D eigenvalue weighted by Gasteiger charge is 2.12. The van der Waals surface area contributed by atoms with E-state index in [9.17, 15) is 0 Å². The van der Waals surface area contributed by atoms with Gasteiger partial charge < -0.3 is 9.55 Å². The molecule has 0 aliphatic carbocycles. The molecular weight excluding hydrogens is 340 g/mol. The molecule has 0 saturated carbocycles. The van der Waals surface area contributed by atoms with Gasteiger partial charge in [0.1, 0.15) is 4.60 Å². The minimum absolute atomic E-state index is 0.915.